The number of alkyl carbamates (subject to hydrolysis) is 1. The molecular formula is C18H29NO3. The van der Waals surface area contributed by atoms with Crippen LogP contribution < -0.4 is 5.32 Å². The molecule has 1 amide bonds. The molecule has 0 aromatic carbocycles. The van der Waals surface area contributed by atoms with Crippen molar-refractivity contribution in [1.29, 1.82) is 0 Å². The summed E-state index contributed by atoms with van der Waals surface area (Å²) in [7, 11) is 0. The quantitative estimate of drug-likeness (QED) is 0.806. The van der Waals surface area contributed by atoms with Crippen LogP contribution in [0.4, 0.5) is 4.79 Å². The largest absolute Gasteiger partial charge is 0.444 e. The van der Waals surface area contributed by atoms with Crippen LogP contribution in [0.25, 0.3) is 0 Å². The number of nitrogens with one attached hydrogen (secondary N) is 1. The second-order valence-electron chi connectivity index (χ2n) is 9.01. The highest BCUT2D eigenvalue weighted by Crippen LogP contribution is 2.61. The third-order valence-electron chi connectivity index (χ3n) is 5.68. The van der Waals surface area contributed by atoms with Gasteiger partial charge in [-0.2, -0.15) is 0 Å². The molecule has 0 heterocycles. The van der Waals surface area contributed by atoms with E-state index in [1.54, 1.807) is 0 Å². The Morgan fingerprint density at radius 1 is 1.18 bits per heavy atom. The van der Waals surface area contributed by atoms with Crippen LogP contribution in [0.2, 0.25) is 0 Å². The Kier molecular flexibility index (Phi) is 3.98. The first kappa shape index (κ1) is 15.8. The summed E-state index contributed by atoms with van der Waals surface area (Å²) >= 11 is 0. The van der Waals surface area contributed by atoms with Crippen LogP contribution >= 0.6 is 0 Å². The van der Waals surface area contributed by atoms with Gasteiger partial charge in [0.15, 0.2) is 0 Å². The minimum absolute atomic E-state index is 0.287. The molecule has 0 aromatic rings. The van der Waals surface area contributed by atoms with Crippen molar-refractivity contribution in [2.24, 2.45) is 23.2 Å². The highest BCUT2D eigenvalue weighted by atomic mass is 16.6. The highest BCUT2D eigenvalue weighted by molar-refractivity contribution is 5.73. The van der Waals surface area contributed by atoms with Crippen molar-refractivity contribution in [2.45, 2.75) is 77.4 Å². The first-order valence-corrected chi connectivity index (χ1v) is 8.72. The van der Waals surface area contributed by atoms with Crippen LogP contribution in [-0.2, 0) is 9.53 Å². The maximum Gasteiger partial charge on any atom is 0.408 e. The summed E-state index contributed by atoms with van der Waals surface area (Å²) in [6.45, 7) is 5.50. The van der Waals surface area contributed by atoms with Crippen molar-refractivity contribution < 1.29 is 14.3 Å². The fourth-order valence-corrected chi connectivity index (χ4v) is 5.60. The second-order valence-corrected chi connectivity index (χ2v) is 9.01. The number of amides is 1. The molecule has 4 rings (SSSR count). The van der Waals surface area contributed by atoms with E-state index in [-0.39, 0.29) is 5.41 Å². The van der Waals surface area contributed by atoms with Crippen LogP contribution in [0.5, 0.6) is 0 Å². The number of carbonyl (C=O) groups excluding carboxylic acids is 2. The van der Waals surface area contributed by atoms with Crippen molar-refractivity contribution in [3.8, 4) is 0 Å². The van der Waals surface area contributed by atoms with E-state index in [1.165, 1.54) is 38.5 Å². The van der Waals surface area contributed by atoms with Gasteiger partial charge in [-0.15, -0.1) is 0 Å². The smallest absolute Gasteiger partial charge is 0.408 e. The van der Waals surface area contributed by atoms with E-state index in [1.807, 2.05) is 20.8 Å². The molecule has 4 aliphatic carbocycles. The first-order valence-electron chi connectivity index (χ1n) is 8.72. The average molecular weight is 307 g/mol. The number of ether oxygens (including phenoxy) is 1. The van der Waals surface area contributed by atoms with Crippen LogP contribution in [0.1, 0.15) is 65.7 Å². The van der Waals surface area contributed by atoms with E-state index in [0.29, 0.717) is 0 Å². The van der Waals surface area contributed by atoms with Crippen LogP contribution in [-0.4, -0.2) is 24.0 Å². The topological polar surface area (TPSA) is 55.4 Å². The lowest BCUT2D eigenvalue weighted by atomic mass is 9.48. The van der Waals surface area contributed by atoms with Gasteiger partial charge in [-0.1, -0.05) is 0 Å². The Balaban J connectivity index is 1.61. The SMILES string of the molecule is CC(C)(C)OC(=O)NC(C=O)CC12CC3CC(CC(C3)C1)C2. The fourth-order valence-electron chi connectivity index (χ4n) is 5.60. The molecule has 1 unspecified atom stereocenters. The summed E-state index contributed by atoms with van der Waals surface area (Å²) in [5.74, 6) is 2.58. The summed E-state index contributed by atoms with van der Waals surface area (Å²) < 4.78 is 5.28. The maximum atomic E-state index is 11.9. The lowest BCUT2D eigenvalue weighted by Crippen LogP contribution is -2.50. The predicted octanol–water partition coefficient (Wildman–Crippen LogP) is 3.69. The molecule has 0 aliphatic heterocycles. The Labute approximate surface area is 133 Å². The van der Waals surface area contributed by atoms with Gasteiger partial charge in [0.25, 0.3) is 0 Å². The van der Waals surface area contributed by atoms with Gasteiger partial charge in [0.2, 0.25) is 0 Å². The van der Waals surface area contributed by atoms with Crippen molar-refractivity contribution in [3.05, 3.63) is 0 Å². The molecule has 4 heteroatoms. The van der Waals surface area contributed by atoms with E-state index in [2.05, 4.69) is 5.32 Å². The molecule has 4 fully saturated rings. The second kappa shape index (κ2) is 5.54. The number of hydrogen-bond donors (Lipinski definition) is 1. The predicted molar refractivity (Wildman–Crippen MR) is 84.4 cm³/mol. The molecule has 4 nitrogen and oxygen atoms in total. The standard InChI is InChI=1S/C18H29NO3/c1-17(2,3)22-16(21)19-15(11-20)10-18-7-12-4-13(8-18)6-14(5-12)9-18/h11-15H,4-10H2,1-3H3,(H,19,21). The summed E-state index contributed by atoms with van der Waals surface area (Å²) in [5, 5.41) is 2.77. The van der Waals surface area contributed by atoms with E-state index < -0.39 is 17.7 Å². The minimum Gasteiger partial charge on any atom is -0.444 e. The maximum absolute atomic E-state index is 11.9. The molecular weight excluding hydrogens is 278 g/mol. The fraction of sp³-hybridized carbons (Fsp3) is 0.889. The van der Waals surface area contributed by atoms with Crippen molar-refractivity contribution >= 4 is 12.4 Å². The van der Waals surface area contributed by atoms with Crippen LogP contribution in [0.3, 0.4) is 0 Å². The molecule has 124 valence electrons. The Bertz CT molecular complexity index is 416. The molecule has 0 spiro atoms. The normalized spacial score (nSPS) is 37.7. The Morgan fingerprint density at radius 3 is 2.09 bits per heavy atom. The zero-order valence-electron chi connectivity index (χ0n) is 14.1. The molecule has 22 heavy (non-hydrogen) atoms. The lowest BCUT2D eigenvalue weighted by molar-refractivity contribution is -0.113. The zero-order chi connectivity index (χ0) is 16.0. The summed E-state index contributed by atoms with van der Waals surface area (Å²) in [4.78, 5) is 23.4. The highest BCUT2D eigenvalue weighted by Gasteiger charge is 2.51. The lowest BCUT2D eigenvalue weighted by Gasteiger charge is -2.57. The van der Waals surface area contributed by atoms with Crippen LogP contribution in [0.15, 0.2) is 0 Å². The first-order chi connectivity index (χ1) is 10.3. The molecule has 4 saturated carbocycles. The Morgan fingerprint density at radius 2 is 1.68 bits per heavy atom. The minimum atomic E-state index is -0.530. The van der Waals surface area contributed by atoms with Crippen molar-refractivity contribution in [1.82, 2.24) is 5.32 Å². The van der Waals surface area contributed by atoms with Gasteiger partial charge in [-0.05, 0) is 88.9 Å². The van der Waals surface area contributed by atoms with Gasteiger partial charge in [0.1, 0.15) is 11.9 Å². The molecule has 4 aliphatic rings. The van der Waals surface area contributed by atoms with Gasteiger partial charge < -0.3 is 14.8 Å². The van der Waals surface area contributed by atoms with Crippen LogP contribution in [0, 0.1) is 23.2 Å². The molecule has 1 atom stereocenters. The number of rotatable bonds is 4. The average Bonchev–Trinajstić information content (AvgIpc) is 2.33. The molecule has 0 saturated heterocycles. The molecule has 0 aromatic heterocycles. The van der Waals surface area contributed by atoms with Gasteiger partial charge in [0.05, 0.1) is 6.04 Å². The monoisotopic (exact) mass is 307 g/mol. The summed E-state index contributed by atoms with van der Waals surface area (Å²) in [5.41, 5.74) is -0.243. The van der Waals surface area contributed by atoms with Gasteiger partial charge in [-0.3, -0.25) is 0 Å². The summed E-state index contributed by atoms with van der Waals surface area (Å²) in [6.07, 6.45) is 9.13. The third-order valence-corrected chi connectivity index (χ3v) is 5.68. The molecule has 0 radical (unpaired) electrons. The van der Waals surface area contributed by atoms with E-state index in [9.17, 15) is 9.59 Å². The van der Waals surface area contributed by atoms with Gasteiger partial charge in [-0.25, -0.2) is 4.79 Å². The molecule has 1 N–H and O–H groups in total. The Hall–Kier alpha value is -1.06. The summed E-state index contributed by atoms with van der Waals surface area (Å²) in [6, 6.07) is -0.411. The molecule has 4 bridgehead atoms. The van der Waals surface area contributed by atoms with Crippen molar-refractivity contribution in [2.75, 3.05) is 0 Å². The van der Waals surface area contributed by atoms with Crippen molar-refractivity contribution in [3.63, 3.8) is 0 Å². The van der Waals surface area contributed by atoms with E-state index >= 15 is 0 Å². The third kappa shape index (κ3) is 3.47. The van der Waals surface area contributed by atoms with Gasteiger partial charge >= 0.3 is 6.09 Å². The number of aldehydes is 1. The number of hydrogen-bond acceptors (Lipinski definition) is 3. The number of carbonyl (C=O) groups is 2. The van der Waals surface area contributed by atoms with E-state index in [0.717, 1.165) is 30.5 Å². The van der Waals surface area contributed by atoms with Gasteiger partial charge in [0, 0.05) is 0 Å². The van der Waals surface area contributed by atoms with E-state index in [4.69, 9.17) is 4.74 Å². The zero-order valence-corrected chi connectivity index (χ0v) is 14.1.